The molecule has 0 atom stereocenters. The Morgan fingerprint density at radius 3 is 2.53 bits per heavy atom. The summed E-state index contributed by atoms with van der Waals surface area (Å²) in [6.07, 6.45) is 6.85. The van der Waals surface area contributed by atoms with E-state index in [4.69, 9.17) is 4.74 Å². The number of aromatic nitrogens is 1. The molecule has 160 valence electrons. The van der Waals surface area contributed by atoms with Gasteiger partial charge in [-0.1, -0.05) is 0 Å². The van der Waals surface area contributed by atoms with E-state index in [1.165, 1.54) is 38.5 Å². The number of sulfonamides is 1. The molecule has 2 N–H and O–H groups in total. The number of benzene rings is 1. The second-order valence-electron chi connectivity index (χ2n) is 7.67. The highest BCUT2D eigenvalue weighted by Crippen LogP contribution is 2.28. The monoisotopic (exact) mass is 430 g/mol. The average molecular weight is 431 g/mol. The lowest BCUT2D eigenvalue weighted by atomic mass is 10.1. The number of nitrogens with zero attached hydrogens (tertiary/aromatic N) is 2. The van der Waals surface area contributed by atoms with Gasteiger partial charge in [0, 0.05) is 24.7 Å². The second kappa shape index (κ2) is 8.61. The van der Waals surface area contributed by atoms with Crippen LogP contribution in [0.15, 0.2) is 41.4 Å². The molecule has 2 aromatic rings. The van der Waals surface area contributed by atoms with E-state index in [1.54, 1.807) is 12.3 Å². The van der Waals surface area contributed by atoms with E-state index in [1.807, 2.05) is 12.1 Å². The maximum absolute atomic E-state index is 12.7. The number of methoxy groups -OCH3 is 1. The Morgan fingerprint density at radius 1 is 1.13 bits per heavy atom. The molecule has 1 aromatic heterocycles. The van der Waals surface area contributed by atoms with E-state index in [2.05, 4.69) is 19.9 Å². The first-order valence-corrected chi connectivity index (χ1v) is 11.7. The highest BCUT2D eigenvalue weighted by atomic mass is 32.2. The Bertz CT molecular complexity index is 1010. The van der Waals surface area contributed by atoms with Crippen LogP contribution < -0.4 is 19.7 Å². The predicted octanol–water partition coefficient (Wildman–Crippen LogP) is 2.77. The largest absolute Gasteiger partial charge is 0.495 e. The summed E-state index contributed by atoms with van der Waals surface area (Å²) in [6.45, 7) is 1.99. The third-order valence-corrected chi connectivity index (χ3v) is 6.84. The van der Waals surface area contributed by atoms with Crippen molar-refractivity contribution in [3.63, 3.8) is 0 Å². The topological polar surface area (TPSA) is 101 Å². The van der Waals surface area contributed by atoms with Crippen LogP contribution in [0.1, 0.15) is 42.5 Å². The molecule has 1 saturated heterocycles. The molecule has 30 heavy (non-hydrogen) atoms. The number of hydrogen-bond acceptors (Lipinski definition) is 6. The van der Waals surface area contributed by atoms with Gasteiger partial charge in [0.2, 0.25) is 10.0 Å². The number of carbonyl (C=O) groups is 1. The quantitative estimate of drug-likeness (QED) is 0.701. The third-order valence-electron chi connectivity index (χ3n) is 5.30. The minimum atomic E-state index is -3.76. The fraction of sp³-hybridized carbons (Fsp3) is 0.429. The molecule has 1 saturated carbocycles. The first-order chi connectivity index (χ1) is 14.5. The average Bonchev–Trinajstić information content (AvgIpc) is 3.57. The van der Waals surface area contributed by atoms with Gasteiger partial charge in [-0.15, -0.1) is 0 Å². The molecule has 8 nitrogen and oxygen atoms in total. The van der Waals surface area contributed by atoms with Gasteiger partial charge in [0.25, 0.3) is 5.91 Å². The third kappa shape index (κ3) is 4.73. The Labute approximate surface area is 176 Å². The van der Waals surface area contributed by atoms with Crippen molar-refractivity contribution in [2.45, 2.75) is 43.0 Å². The van der Waals surface area contributed by atoms with E-state index in [-0.39, 0.29) is 22.3 Å². The lowest BCUT2D eigenvalue weighted by Gasteiger charge is -2.27. The smallest absolute Gasteiger partial charge is 0.255 e. The molecule has 9 heteroatoms. The van der Waals surface area contributed by atoms with E-state index in [0.29, 0.717) is 5.69 Å². The lowest BCUT2D eigenvalue weighted by molar-refractivity contribution is 0.102. The lowest BCUT2D eigenvalue weighted by Crippen LogP contribution is -2.30. The Morgan fingerprint density at radius 2 is 1.90 bits per heavy atom. The number of piperidine rings is 1. The standard InChI is InChI=1S/C21H26N4O4S/c1-29-18-9-5-15(13-19(18)30(27,28)24-16-6-7-16)21(26)23-17-8-10-20(22-14-17)25-11-3-2-4-12-25/h5,8-10,13-14,16,24H,2-4,6-7,11-12H2,1H3,(H,23,26). The first kappa shape index (κ1) is 20.6. The summed E-state index contributed by atoms with van der Waals surface area (Å²) in [5.74, 6) is 0.692. The molecule has 1 amide bonds. The molecule has 2 fully saturated rings. The molecule has 1 aliphatic heterocycles. The normalized spacial score (nSPS) is 16.9. The molecule has 0 bridgehead atoms. The van der Waals surface area contributed by atoms with Gasteiger partial charge in [-0.3, -0.25) is 4.79 Å². The highest BCUT2D eigenvalue weighted by Gasteiger charge is 2.30. The number of hydrogen-bond donors (Lipinski definition) is 2. The molecule has 0 spiro atoms. The number of ether oxygens (including phenoxy) is 1. The molecule has 1 aliphatic carbocycles. The molecule has 0 radical (unpaired) electrons. The molecular formula is C21H26N4O4S. The summed E-state index contributed by atoms with van der Waals surface area (Å²) in [7, 11) is -2.36. The fourth-order valence-electron chi connectivity index (χ4n) is 3.49. The van der Waals surface area contributed by atoms with Crippen molar-refractivity contribution < 1.29 is 17.9 Å². The number of pyridine rings is 1. The SMILES string of the molecule is COc1ccc(C(=O)Nc2ccc(N3CCCCC3)nc2)cc1S(=O)(=O)NC1CC1. The van der Waals surface area contributed by atoms with Crippen LogP contribution >= 0.6 is 0 Å². The summed E-state index contributed by atoms with van der Waals surface area (Å²) in [5.41, 5.74) is 0.782. The van der Waals surface area contributed by atoms with E-state index < -0.39 is 15.9 Å². The minimum absolute atomic E-state index is 0.0388. The summed E-state index contributed by atoms with van der Waals surface area (Å²) >= 11 is 0. The van der Waals surface area contributed by atoms with Gasteiger partial charge in [0.15, 0.2) is 0 Å². The molecule has 2 aliphatic rings. The Balaban J connectivity index is 1.49. The van der Waals surface area contributed by atoms with Crippen molar-refractivity contribution in [1.82, 2.24) is 9.71 Å². The molecule has 0 unspecified atom stereocenters. The number of carbonyl (C=O) groups excluding carboxylic acids is 1. The summed E-state index contributed by atoms with van der Waals surface area (Å²) in [4.78, 5) is 19.4. The van der Waals surface area contributed by atoms with Crippen LogP contribution in [0.5, 0.6) is 5.75 Å². The van der Waals surface area contributed by atoms with Crippen molar-refractivity contribution in [2.24, 2.45) is 0 Å². The van der Waals surface area contributed by atoms with Crippen LogP contribution in [0.4, 0.5) is 11.5 Å². The van der Waals surface area contributed by atoms with Gasteiger partial charge in [0.1, 0.15) is 16.5 Å². The Hall–Kier alpha value is -2.65. The predicted molar refractivity (Wildman–Crippen MR) is 115 cm³/mol. The number of amides is 1. The molecule has 4 rings (SSSR count). The Kier molecular flexibility index (Phi) is 5.92. The van der Waals surface area contributed by atoms with Crippen molar-refractivity contribution in [1.29, 1.82) is 0 Å². The number of anilines is 2. The van der Waals surface area contributed by atoms with Crippen LogP contribution in [0.3, 0.4) is 0 Å². The second-order valence-corrected chi connectivity index (χ2v) is 9.35. The van der Waals surface area contributed by atoms with Gasteiger partial charge in [-0.05, 0) is 62.4 Å². The van der Waals surface area contributed by atoms with Crippen LogP contribution in [-0.2, 0) is 10.0 Å². The van der Waals surface area contributed by atoms with Crippen LogP contribution in [0.25, 0.3) is 0 Å². The highest BCUT2D eigenvalue weighted by molar-refractivity contribution is 7.89. The van der Waals surface area contributed by atoms with E-state index >= 15 is 0 Å². The molecular weight excluding hydrogens is 404 g/mol. The van der Waals surface area contributed by atoms with Crippen molar-refractivity contribution >= 4 is 27.4 Å². The molecule has 2 heterocycles. The van der Waals surface area contributed by atoms with Crippen molar-refractivity contribution in [3.05, 3.63) is 42.1 Å². The van der Waals surface area contributed by atoms with Gasteiger partial charge in [-0.2, -0.15) is 0 Å². The van der Waals surface area contributed by atoms with Crippen LogP contribution in [-0.4, -0.2) is 45.6 Å². The van der Waals surface area contributed by atoms with Gasteiger partial charge >= 0.3 is 0 Å². The minimum Gasteiger partial charge on any atom is -0.495 e. The zero-order valence-electron chi connectivity index (χ0n) is 16.9. The van der Waals surface area contributed by atoms with E-state index in [0.717, 1.165) is 31.7 Å². The maximum Gasteiger partial charge on any atom is 0.255 e. The summed E-state index contributed by atoms with van der Waals surface area (Å²) < 4.78 is 33.1. The van der Waals surface area contributed by atoms with Crippen molar-refractivity contribution in [3.8, 4) is 5.75 Å². The van der Waals surface area contributed by atoms with Crippen LogP contribution in [0, 0.1) is 0 Å². The first-order valence-electron chi connectivity index (χ1n) is 10.2. The summed E-state index contributed by atoms with van der Waals surface area (Å²) in [5, 5.41) is 2.78. The van der Waals surface area contributed by atoms with Crippen molar-refractivity contribution in [2.75, 3.05) is 30.4 Å². The fourth-order valence-corrected chi connectivity index (χ4v) is 4.99. The zero-order valence-corrected chi connectivity index (χ0v) is 17.7. The van der Waals surface area contributed by atoms with Gasteiger partial charge in [0.05, 0.1) is 19.0 Å². The van der Waals surface area contributed by atoms with Gasteiger partial charge in [-0.25, -0.2) is 18.1 Å². The number of nitrogens with one attached hydrogen (secondary N) is 2. The van der Waals surface area contributed by atoms with E-state index in [9.17, 15) is 13.2 Å². The zero-order chi connectivity index (χ0) is 21.1. The van der Waals surface area contributed by atoms with Gasteiger partial charge < -0.3 is 15.0 Å². The summed E-state index contributed by atoms with van der Waals surface area (Å²) in [6, 6.07) is 8.04. The molecule has 1 aromatic carbocycles. The maximum atomic E-state index is 12.7. The number of rotatable bonds is 7. The van der Waals surface area contributed by atoms with Crippen LogP contribution in [0.2, 0.25) is 0 Å².